The van der Waals surface area contributed by atoms with Gasteiger partial charge in [-0.25, -0.2) is 9.97 Å². The minimum Gasteiger partial charge on any atom is -0.481 e. The summed E-state index contributed by atoms with van der Waals surface area (Å²) in [5.41, 5.74) is 3.21. The topological polar surface area (TPSA) is 135 Å². The molecule has 0 aliphatic heterocycles. The third-order valence-corrected chi connectivity index (χ3v) is 5.02. The number of carboxylic acid groups (broad SMARTS) is 1. The van der Waals surface area contributed by atoms with Crippen molar-refractivity contribution in [3.05, 3.63) is 53.7 Å². The van der Waals surface area contributed by atoms with Crippen molar-refractivity contribution in [3.8, 4) is 0 Å². The number of hydroxylamine groups is 2. The summed E-state index contributed by atoms with van der Waals surface area (Å²) < 4.78 is 0. The second-order valence-electron chi connectivity index (χ2n) is 7.36. The van der Waals surface area contributed by atoms with E-state index in [1.54, 1.807) is 12.3 Å². The summed E-state index contributed by atoms with van der Waals surface area (Å²) in [4.78, 5) is 19.9. The van der Waals surface area contributed by atoms with E-state index in [1.165, 1.54) is 0 Å². The van der Waals surface area contributed by atoms with Crippen LogP contribution in [0.5, 0.6) is 0 Å². The summed E-state index contributed by atoms with van der Waals surface area (Å²) in [6.45, 7) is 5.87. The van der Waals surface area contributed by atoms with Gasteiger partial charge in [0.05, 0.1) is 17.9 Å². The third kappa shape index (κ3) is 4.99. The van der Waals surface area contributed by atoms with E-state index in [2.05, 4.69) is 26.7 Å². The zero-order valence-electron chi connectivity index (χ0n) is 17.0. The number of nitrogens with one attached hydrogen (secondary N) is 1. The number of rotatable bonds is 10. The van der Waals surface area contributed by atoms with Crippen molar-refractivity contribution in [2.45, 2.75) is 57.7 Å². The molecule has 0 spiro atoms. The molecule has 3 rings (SSSR count). The first kappa shape index (κ1) is 21.8. The van der Waals surface area contributed by atoms with Crippen LogP contribution in [-0.2, 0) is 11.2 Å². The van der Waals surface area contributed by atoms with Gasteiger partial charge in [0.2, 0.25) is 0 Å². The van der Waals surface area contributed by atoms with Crippen molar-refractivity contribution >= 4 is 17.0 Å². The smallest absolute Gasteiger partial charge is 0.303 e. The van der Waals surface area contributed by atoms with Crippen LogP contribution >= 0.6 is 0 Å². The predicted octanol–water partition coefficient (Wildman–Crippen LogP) is 3.05. The fourth-order valence-corrected chi connectivity index (χ4v) is 3.44. The van der Waals surface area contributed by atoms with Crippen molar-refractivity contribution in [1.29, 1.82) is 0 Å². The van der Waals surface area contributed by atoms with Crippen LogP contribution in [0.4, 0.5) is 0 Å². The van der Waals surface area contributed by atoms with E-state index >= 15 is 0 Å². The Hall–Kier alpha value is -2.88. The minimum atomic E-state index is -1.23. The van der Waals surface area contributed by atoms with Crippen molar-refractivity contribution < 1.29 is 20.2 Å². The summed E-state index contributed by atoms with van der Waals surface area (Å²) >= 11 is 0. The molecule has 2 aromatic heterocycles. The van der Waals surface area contributed by atoms with Gasteiger partial charge in [0.1, 0.15) is 16.9 Å². The first-order valence-electron chi connectivity index (χ1n) is 10.0. The number of aryl methyl sites for hydroxylation is 1. The van der Waals surface area contributed by atoms with Gasteiger partial charge < -0.3 is 15.4 Å². The van der Waals surface area contributed by atoms with Crippen LogP contribution < -0.4 is 0 Å². The van der Waals surface area contributed by atoms with Crippen LogP contribution in [0.1, 0.15) is 56.6 Å². The molecule has 0 saturated heterocycles. The lowest BCUT2D eigenvalue weighted by Crippen LogP contribution is -2.37. The number of aliphatic hydroxyl groups is 1. The molecule has 0 radical (unpaired) electrons. The molecule has 1 aliphatic carbocycles. The zero-order chi connectivity index (χ0) is 21.7. The molecular weight excluding hydrogens is 386 g/mol. The monoisotopic (exact) mass is 413 g/mol. The summed E-state index contributed by atoms with van der Waals surface area (Å²) in [7, 11) is 0. The SMILES string of the molecule is C=C1C=CC(C(O)N(O)C(CCC)c2nc(CCCC(=O)O)nc3cn[nH]c23)=CC1. The van der Waals surface area contributed by atoms with Crippen molar-refractivity contribution in [2.75, 3.05) is 0 Å². The van der Waals surface area contributed by atoms with Crippen LogP contribution in [0.2, 0.25) is 0 Å². The number of aliphatic carboxylic acids is 1. The quantitative estimate of drug-likeness (QED) is 0.345. The van der Waals surface area contributed by atoms with E-state index in [1.807, 2.05) is 19.1 Å². The summed E-state index contributed by atoms with van der Waals surface area (Å²) in [6.07, 6.45) is 8.46. The van der Waals surface area contributed by atoms with Crippen molar-refractivity contribution in [1.82, 2.24) is 25.2 Å². The number of H-pyrrole nitrogens is 1. The Morgan fingerprint density at radius 1 is 1.37 bits per heavy atom. The number of nitrogens with zero attached hydrogens (tertiary/aromatic N) is 4. The highest BCUT2D eigenvalue weighted by Crippen LogP contribution is 2.31. The first-order valence-corrected chi connectivity index (χ1v) is 10.0. The highest BCUT2D eigenvalue weighted by atomic mass is 16.5. The Morgan fingerprint density at radius 3 is 2.83 bits per heavy atom. The average Bonchev–Trinajstić information content (AvgIpc) is 3.19. The first-order chi connectivity index (χ1) is 14.4. The van der Waals surface area contributed by atoms with Crippen LogP contribution in [-0.4, -0.2) is 52.8 Å². The number of fused-ring (bicyclic) bond motifs is 1. The standard InChI is InChI=1S/C21H27N5O4/c1-3-5-16(26(30)21(29)14-10-8-13(2)9-11-14)20-19-15(12-22-25-19)23-17(24-20)6-4-7-18(27)28/h8,10-12,16,21,29-30H,2-7,9H2,1H3,(H,22,25)(H,27,28). The summed E-state index contributed by atoms with van der Waals surface area (Å²) in [5, 5.41) is 38.4. The molecule has 0 aromatic carbocycles. The largest absolute Gasteiger partial charge is 0.481 e. The second kappa shape index (κ2) is 9.75. The van der Waals surface area contributed by atoms with Gasteiger partial charge >= 0.3 is 5.97 Å². The van der Waals surface area contributed by atoms with Crippen LogP contribution in [0.25, 0.3) is 11.0 Å². The fraction of sp³-hybridized carbons (Fsp3) is 0.429. The molecular formula is C21H27N5O4. The van der Waals surface area contributed by atoms with Crippen LogP contribution in [0.15, 0.2) is 42.2 Å². The summed E-state index contributed by atoms with van der Waals surface area (Å²) in [6, 6.07) is -0.603. The molecule has 9 nitrogen and oxygen atoms in total. The minimum absolute atomic E-state index is 0.0249. The maximum absolute atomic E-state index is 10.9. The van der Waals surface area contributed by atoms with E-state index in [0.717, 1.165) is 17.1 Å². The van der Waals surface area contributed by atoms with Gasteiger partial charge in [0, 0.05) is 12.8 Å². The molecule has 2 aromatic rings. The Balaban J connectivity index is 1.92. The number of aromatic amines is 1. The van der Waals surface area contributed by atoms with E-state index < -0.39 is 18.2 Å². The molecule has 4 N–H and O–H groups in total. The maximum Gasteiger partial charge on any atom is 0.303 e. The van der Waals surface area contributed by atoms with Crippen LogP contribution in [0.3, 0.4) is 0 Å². The van der Waals surface area contributed by atoms with Crippen LogP contribution in [0, 0.1) is 0 Å². The van der Waals surface area contributed by atoms with E-state index in [0.29, 0.717) is 53.8 Å². The molecule has 0 amide bonds. The lowest BCUT2D eigenvalue weighted by atomic mass is 10.0. The van der Waals surface area contributed by atoms with Gasteiger partial charge in [-0.15, -0.1) is 0 Å². The Labute approximate surface area is 174 Å². The molecule has 30 heavy (non-hydrogen) atoms. The lowest BCUT2D eigenvalue weighted by molar-refractivity contribution is -0.211. The second-order valence-corrected chi connectivity index (χ2v) is 7.36. The van der Waals surface area contributed by atoms with E-state index in [9.17, 15) is 15.1 Å². The fourth-order valence-electron chi connectivity index (χ4n) is 3.44. The van der Waals surface area contributed by atoms with E-state index in [-0.39, 0.29) is 6.42 Å². The Kier molecular flexibility index (Phi) is 7.09. The number of aliphatic hydroxyl groups excluding tert-OH is 1. The van der Waals surface area contributed by atoms with Gasteiger partial charge in [-0.1, -0.05) is 43.7 Å². The molecule has 2 atom stereocenters. The zero-order valence-corrected chi connectivity index (χ0v) is 17.0. The molecule has 2 unspecified atom stereocenters. The lowest BCUT2D eigenvalue weighted by Gasteiger charge is -2.31. The predicted molar refractivity (Wildman–Crippen MR) is 111 cm³/mol. The normalized spacial score (nSPS) is 16.1. The molecule has 1 aliphatic rings. The van der Waals surface area contributed by atoms with Crippen molar-refractivity contribution in [2.24, 2.45) is 0 Å². The molecule has 160 valence electrons. The molecule has 9 heteroatoms. The number of hydrogen-bond donors (Lipinski definition) is 4. The number of allylic oxidation sites excluding steroid dienone is 3. The molecule has 2 heterocycles. The highest BCUT2D eigenvalue weighted by molar-refractivity contribution is 5.76. The van der Waals surface area contributed by atoms with Crippen molar-refractivity contribution in [3.63, 3.8) is 0 Å². The van der Waals surface area contributed by atoms with Gasteiger partial charge in [-0.3, -0.25) is 9.89 Å². The summed E-state index contributed by atoms with van der Waals surface area (Å²) in [5.74, 6) is -0.387. The number of aromatic nitrogens is 4. The average molecular weight is 413 g/mol. The van der Waals surface area contributed by atoms with Gasteiger partial charge in [-0.2, -0.15) is 10.2 Å². The maximum atomic E-state index is 10.9. The molecule has 0 bridgehead atoms. The number of carboxylic acids is 1. The third-order valence-electron chi connectivity index (χ3n) is 5.02. The number of carbonyl (C=O) groups is 1. The number of hydrogen-bond acceptors (Lipinski definition) is 7. The van der Waals surface area contributed by atoms with Gasteiger partial charge in [-0.05, 0) is 24.8 Å². The molecule has 0 saturated carbocycles. The Bertz CT molecular complexity index is 981. The molecule has 0 fully saturated rings. The Morgan fingerprint density at radius 2 is 2.17 bits per heavy atom. The highest BCUT2D eigenvalue weighted by Gasteiger charge is 2.30. The van der Waals surface area contributed by atoms with E-state index in [4.69, 9.17) is 5.11 Å². The van der Waals surface area contributed by atoms with Gasteiger partial charge in [0.25, 0.3) is 0 Å². The van der Waals surface area contributed by atoms with Gasteiger partial charge in [0.15, 0.2) is 6.23 Å².